The number of aromatic nitrogens is 1. The van der Waals surface area contributed by atoms with Gasteiger partial charge in [-0.2, -0.15) is 0 Å². The molecule has 2 atom stereocenters. The number of amides is 2. The largest absolute Gasteiger partial charge is 0.492 e. The van der Waals surface area contributed by atoms with Gasteiger partial charge in [0, 0.05) is 31.2 Å². The minimum Gasteiger partial charge on any atom is -0.492 e. The molecule has 1 fully saturated rings. The third kappa shape index (κ3) is 4.14. The lowest BCUT2D eigenvalue weighted by atomic mass is 10.2. The molecule has 1 aliphatic heterocycles. The first-order chi connectivity index (χ1) is 12.1. The summed E-state index contributed by atoms with van der Waals surface area (Å²) in [5.41, 5.74) is 1.64. The summed E-state index contributed by atoms with van der Waals surface area (Å²) in [4.78, 5) is 14.4. The van der Waals surface area contributed by atoms with Crippen LogP contribution in [0.1, 0.15) is 20.8 Å². The van der Waals surface area contributed by atoms with E-state index in [4.69, 9.17) is 9.47 Å². The zero-order valence-electron chi connectivity index (χ0n) is 14.9. The van der Waals surface area contributed by atoms with Crippen molar-refractivity contribution in [2.24, 2.45) is 0 Å². The molecule has 0 unspecified atom stereocenters. The number of nitrogens with zero attached hydrogens (tertiary/aromatic N) is 2. The summed E-state index contributed by atoms with van der Waals surface area (Å²) in [6.45, 7) is 7.70. The van der Waals surface area contributed by atoms with Crippen molar-refractivity contribution in [3.8, 4) is 11.4 Å². The van der Waals surface area contributed by atoms with Crippen molar-refractivity contribution in [1.29, 1.82) is 0 Å². The fourth-order valence-corrected chi connectivity index (χ4v) is 3.12. The Labute approximate surface area is 148 Å². The molecule has 25 heavy (non-hydrogen) atoms. The molecular formula is C19H25N3O3. The number of ether oxygens (including phenoxy) is 2. The number of morpholine rings is 1. The fraction of sp³-hybridized carbons (Fsp3) is 0.421. The second-order valence-corrected chi connectivity index (χ2v) is 6.30. The van der Waals surface area contributed by atoms with Crippen molar-refractivity contribution in [3.05, 3.63) is 42.7 Å². The molecule has 134 valence electrons. The van der Waals surface area contributed by atoms with Crippen LogP contribution in [0.3, 0.4) is 0 Å². The first-order valence-corrected chi connectivity index (χ1v) is 8.68. The van der Waals surface area contributed by atoms with E-state index in [0.29, 0.717) is 19.7 Å². The summed E-state index contributed by atoms with van der Waals surface area (Å²) in [6, 6.07) is 9.48. The summed E-state index contributed by atoms with van der Waals surface area (Å²) in [7, 11) is 0. The summed E-state index contributed by atoms with van der Waals surface area (Å²) >= 11 is 0. The van der Waals surface area contributed by atoms with E-state index in [0.717, 1.165) is 17.1 Å². The molecule has 2 heterocycles. The van der Waals surface area contributed by atoms with Crippen LogP contribution in [0.5, 0.6) is 5.75 Å². The Morgan fingerprint density at radius 1 is 1.24 bits per heavy atom. The van der Waals surface area contributed by atoms with Crippen LogP contribution in [0.25, 0.3) is 5.69 Å². The first-order valence-electron chi connectivity index (χ1n) is 8.68. The maximum Gasteiger partial charge on any atom is 0.322 e. The number of hydrogen-bond donors (Lipinski definition) is 1. The van der Waals surface area contributed by atoms with Crippen LogP contribution in [-0.2, 0) is 4.74 Å². The summed E-state index contributed by atoms with van der Waals surface area (Å²) in [5, 5.41) is 2.99. The molecule has 1 aromatic carbocycles. The molecule has 1 aromatic heterocycles. The van der Waals surface area contributed by atoms with E-state index in [9.17, 15) is 4.79 Å². The van der Waals surface area contributed by atoms with Gasteiger partial charge in [0.15, 0.2) is 0 Å². The molecule has 1 saturated heterocycles. The van der Waals surface area contributed by atoms with Gasteiger partial charge in [-0.05, 0) is 51.1 Å². The molecule has 3 rings (SSSR count). The fourth-order valence-electron chi connectivity index (χ4n) is 3.12. The lowest BCUT2D eigenvalue weighted by Gasteiger charge is -2.35. The van der Waals surface area contributed by atoms with Crippen LogP contribution in [0, 0.1) is 0 Å². The van der Waals surface area contributed by atoms with E-state index in [1.165, 1.54) is 0 Å². The SMILES string of the molecule is CCOc1ccc(NC(=O)N2C[C@@H](C)O[C@@H](C)C2)cc1-n1cccc1. The number of anilines is 1. The summed E-state index contributed by atoms with van der Waals surface area (Å²) < 4.78 is 13.4. The zero-order chi connectivity index (χ0) is 17.8. The highest BCUT2D eigenvalue weighted by Crippen LogP contribution is 2.27. The molecule has 1 N–H and O–H groups in total. The van der Waals surface area contributed by atoms with Gasteiger partial charge in [0.2, 0.25) is 0 Å². The Balaban J connectivity index is 1.78. The van der Waals surface area contributed by atoms with Gasteiger partial charge in [-0.25, -0.2) is 4.79 Å². The van der Waals surface area contributed by atoms with Crippen LogP contribution in [0.15, 0.2) is 42.7 Å². The highest BCUT2D eigenvalue weighted by molar-refractivity contribution is 5.90. The van der Waals surface area contributed by atoms with Crippen molar-refractivity contribution in [2.75, 3.05) is 25.0 Å². The third-order valence-corrected chi connectivity index (χ3v) is 4.10. The highest BCUT2D eigenvalue weighted by atomic mass is 16.5. The van der Waals surface area contributed by atoms with Crippen molar-refractivity contribution in [3.63, 3.8) is 0 Å². The second-order valence-electron chi connectivity index (χ2n) is 6.30. The van der Waals surface area contributed by atoms with E-state index < -0.39 is 0 Å². The van der Waals surface area contributed by atoms with Crippen molar-refractivity contribution >= 4 is 11.7 Å². The average molecular weight is 343 g/mol. The Morgan fingerprint density at radius 3 is 2.56 bits per heavy atom. The first kappa shape index (κ1) is 17.4. The molecule has 0 radical (unpaired) electrons. The van der Waals surface area contributed by atoms with Gasteiger partial charge in [-0.1, -0.05) is 0 Å². The van der Waals surface area contributed by atoms with Gasteiger partial charge in [0.1, 0.15) is 5.75 Å². The highest BCUT2D eigenvalue weighted by Gasteiger charge is 2.26. The normalized spacial score (nSPS) is 20.4. The van der Waals surface area contributed by atoms with Gasteiger partial charge in [0.25, 0.3) is 0 Å². The zero-order valence-corrected chi connectivity index (χ0v) is 14.9. The van der Waals surface area contributed by atoms with E-state index in [-0.39, 0.29) is 18.2 Å². The number of nitrogens with one attached hydrogen (secondary N) is 1. The van der Waals surface area contributed by atoms with Gasteiger partial charge >= 0.3 is 6.03 Å². The second kappa shape index (κ2) is 7.61. The number of urea groups is 1. The van der Waals surface area contributed by atoms with E-state index >= 15 is 0 Å². The molecule has 2 aromatic rings. The Kier molecular flexibility index (Phi) is 5.28. The topological polar surface area (TPSA) is 55.7 Å². The Hall–Kier alpha value is -2.47. The quantitative estimate of drug-likeness (QED) is 0.924. The third-order valence-electron chi connectivity index (χ3n) is 4.10. The Morgan fingerprint density at radius 2 is 1.92 bits per heavy atom. The lowest BCUT2D eigenvalue weighted by Crippen LogP contribution is -2.49. The molecule has 0 spiro atoms. The molecule has 0 saturated carbocycles. The minimum absolute atomic E-state index is 0.0465. The smallest absolute Gasteiger partial charge is 0.322 e. The number of hydrogen-bond acceptors (Lipinski definition) is 3. The molecule has 2 amide bonds. The van der Waals surface area contributed by atoms with Crippen LogP contribution in [0.2, 0.25) is 0 Å². The predicted octanol–water partition coefficient (Wildman–Crippen LogP) is 3.52. The maximum absolute atomic E-state index is 12.6. The van der Waals surface area contributed by atoms with Crippen molar-refractivity contribution in [1.82, 2.24) is 9.47 Å². The van der Waals surface area contributed by atoms with E-state index in [1.54, 1.807) is 4.90 Å². The maximum atomic E-state index is 12.6. The molecule has 6 heteroatoms. The lowest BCUT2D eigenvalue weighted by molar-refractivity contribution is -0.0530. The van der Waals surface area contributed by atoms with Crippen molar-refractivity contribution in [2.45, 2.75) is 33.0 Å². The average Bonchev–Trinajstić information content (AvgIpc) is 3.10. The molecular weight excluding hydrogens is 318 g/mol. The molecule has 6 nitrogen and oxygen atoms in total. The van der Waals surface area contributed by atoms with Gasteiger partial charge < -0.3 is 24.3 Å². The van der Waals surface area contributed by atoms with Gasteiger partial charge in [-0.3, -0.25) is 0 Å². The van der Waals surface area contributed by atoms with Crippen LogP contribution in [0.4, 0.5) is 10.5 Å². The summed E-state index contributed by atoms with van der Waals surface area (Å²) in [6.07, 6.45) is 4.00. The Bertz CT molecular complexity index is 705. The van der Waals surface area contributed by atoms with Gasteiger partial charge in [0.05, 0.1) is 24.5 Å². The number of carbonyl (C=O) groups excluding carboxylic acids is 1. The molecule has 0 bridgehead atoms. The standard InChI is InChI=1S/C19H25N3O3/c1-4-24-18-8-7-16(11-17(18)21-9-5-6-10-21)20-19(23)22-12-14(2)25-15(3)13-22/h5-11,14-15H,4,12-13H2,1-3H3,(H,20,23)/t14-,15+. The van der Waals surface area contributed by atoms with Crippen LogP contribution < -0.4 is 10.1 Å². The number of rotatable bonds is 4. The van der Waals surface area contributed by atoms with Crippen LogP contribution >= 0.6 is 0 Å². The number of benzene rings is 1. The number of carbonyl (C=O) groups is 1. The minimum atomic E-state index is -0.107. The molecule has 0 aliphatic carbocycles. The monoisotopic (exact) mass is 343 g/mol. The van der Waals surface area contributed by atoms with E-state index in [2.05, 4.69) is 5.32 Å². The molecule has 1 aliphatic rings. The van der Waals surface area contributed by atoms with E-state index in [1.807, 2.05) is 68.1 Å². The summed E-state index contributed by atoms with van der Waals surface area (Å²) in [5.74, 6) is 0.783. The van der Waals surface area contributed by atoms with Crippen molar-refractivity contribution < 1.29 is 14.3 Å². The van der Waals surface area contributed by atoms with Crippen LogP contribution in [-0.4, -0.2) is 47.4 Å². The predicted molar refractivity (Wildman–Crippen MR) is 97.5 cm³/mol. The van der Waals surface area contributed by atoms with Gasteiger partial charge in [-0.15, -0.1) is 0 Å².